The highest BCUT2D eigenvalue weighted by Crippen LogP contribution is 2.12. The van der Waals surface area contributed by atoms with Crippen molar-refractivity contribution in [2.75, 3.05) is 14.2 Å². The van der Waals surface area contributed by atoms with Crippen LogP contribution in [0, 0.1) is 0 Å². The van der Waals surface area contributed by atoms with Crippen molar-refractivity contribution in [2.45, 2.75) is 0 Å². The first-order chi connectivity index (χ1) is 6.17. The van der Waals surface area contributed by atoms with Crippen molar-refractivity contribution in [3.63, 3.8) is 0 Å². The number of ether oxygens (including phenoxy) is 2. The summed E-state index contributed by atoms with van der Waals surface area (Å²) in [6.07, 6.45) is 0. The molecule has 0 N–H and O–H groups in total. The lowest BCUT2D eigenvalue weighted by Gasteiger charge is -2.01. The molecule has 0 unspecified atom stereocenters. The Bertz CT molecular complexity index is 330. The fourth-order valence-corrected chi connectivity index (χ4v) is 0.873. The summed E-state index contributed by atoms with van der Waals surface area (Å²) in [5.74, 6) is -0.581. The number of carbonyl (C=O) groups is 1. The highest BCUT2D eigenvalue weighted by Gasteiger charge is 2.10. The number of aromatic nitrogens is 2. The van der Waals surface area contributed by atoms with Crippen LogP contribution in [0.4, 0.5) is 0 Å². The van der Waals surface area contributed by atoms with Gasteiger partial charge >= 0.3 is 12.0 Å². The molecule has 0 saturated carbocycles. The third-order valence-corrected chi connectivity index (χ3v) is 1.45. The van der Waals surface area contributed by atoms with Gasteiger partial charge in [0.25, 0.3) is 0 Å². The Morgan fingerprint density at radius 1 is 1.46 bits per heavy atom. The number of hydrogen-bond donors (Lipinski definition) is 0. The SMILES string of the molecule is COC(=O)c1cc(Cl)nc(OC)n1. The molecule has 1 aromatic heterocycles. The van der Waals surface area contributed by atoms with E-state index in [2.05, 4.69) is 14.7 Å². The molecule has 0 bridgehead atoms. The molecule has 0 amide bonds. The van der Waals surface area contributed by atoms with Gasteiger partial charge in [-0.3, -0.25) is 0 Å². The molecule has 0 radical (unpaired) electrons. The summed E-state index contributed by atoms with van der Waals surface area (Å²) >= 11 is 5.59. The largest absolute Gasteiger partial charge is 0.467 e. The highest BCUT2D eigenvalue weighted by atomic mass is 35.5. The quantitative estimate of drug-likeness (QED) is 0.527. The molecule has 0 aliphatic carbocycles. The standard InChI is InChI=1S/C7H7ClN2O3/c1-12-6(11)4-3-5(8)10-7(9-4)13-2/h3H,1-2H3. The minimum atomic E-state index is -0.581. The smallest absolute Gasteiger partial charge is 0.356 e. The minimum absolute atomic E-state index is 0.0351. The van der Waals surface area contributed by atoms with Gasteiger partial charge < -0.3 is 9.47 Å². The molecule has 0 spiro atoms. The molecular weight excluding hydrogens is 196 g/mol. The number of methoxy groups -OCH3 is 2. The number of rotatable bonds is 2. The molecular formula is C7H7ClN2O3. The topological polar surface area (TPSA) is 61.3 Å². The molecule has 6 heteroatoms. The van der Waals surface area contributed by atoms with Gasteiger partial charge in [-0.1, -0.05) is 11.6 Å². The van der Waals surface area contributed by atoms with E-state index in [1.807, 2.05) is 0 Å². The first-order valence-corrected chi connectivity index (χ1v) is 3.72. The normalized spacial score (nSPS) is 9.46. The fraction of sp³-hybridized carbons (Fsp3) is 0.286. The van der Waals surface area contributed by atoms with Crippen LogP contribution in [0.5, 0.6) is 6.01 Å². The van der Waals surface area contributed by atoms with Crippen molar-refractivity contribution >= 4 is 17.6 Å². The van der Waals surface area contributed by atoms with E-state index >= 15 is 0 Å². The summed E-state index contributed by atoms with van der Waals surface area (Å²) in [4.78, 5) is 18.4. The molecule has 0 fully saturated rings. The van der Waals surface area contributed by atoms with Crippen LogP contribution in [0.25, 0.3) is 0 Å². The van der Waals surface area contributed by atoms with E-state index < -0.39 is 5.97 Å². The van der Waals surface area contributed by atoms with Crippen molar-refractivity contribution in [1.82, 2.24) is 9.97 Å². The van der Waals surface area contributed by atoms with E-state index in [4.69, 9.17) is 16.3 Å². The van der Waals surface area contributed by atoms with Crippen LogP contribution in [0.2, 0.25) is 5.15 Å². The summed E-state index contributed by atoms with van der Waals surface area (Å²) in [5.41, 5.74) is 0.0688. The van der Waals surface area contributed by atoms with E-state index in [-0.39, 0.29) is 16.9 Å². The van der Waals surface area contributed by atoms with Gasteiger partial charge in [-0.2, -0.15) is 9.97 Å². The zero-order chi connectivity index (χ0) is 9.84. The van der Waals surface area contributed by atoms with Crippen molar-refractivity contribution < 1.29 is 14.3 Å². The third kappa shape index (κ3) is 2.29. The maximum atomic E-state index is 11.0. The average Bonchev–Trinajstić information content (AvgIpc) is 2.15. The Morgan fingerprint density at radius 2 is 2.15 bits per heavy atom. The van der Waals surface area contributed by atoms with Crippen LogP contribution in [0.1, 0.15) is 10.5 Å². The highest BCUT2D eigenvalue weighted by molar-refractivity contribution is 6.29. The molecule has 0 aromatic carbocycles. The second-order valence-electron chi connectivity index (χ2n) is 2.05. The van der Waals surface area contributed by atoms with Gasteiger partial charge in [0.05, 0.1) is 14.2 Å². The number of nitrogens with zero attached hydrogens (tertiary/aromatic N) is 2. The first-order valence-electron chi connectivity index (χ1n) is 3.34. The van der Waals surface area contributed by atoms with E-state index in [9.17, 15) is 4.79 Å². The molecule has 5 nitrogen and oxygen atoms in total. The zero-order valence-corrected chi connectivity index (χ0v) is 7.83. The molecule has 1 rings (SSSR count). The third-order valence-electron chi connectivity index (χ3n) is 1.25. The van der Waals surface area contributed by atoms with Crippen LogP contribution in [0.3, 0.4) is 0 Å². The zero-order valence-electron chi connectivity index (χ0n) is 7.07. The second kappa shape index (κ2) is 4.04. The Balaban J connectivity index is 3.08. The van der Waals surface area contributed by atoms with Gasteiger partial charge in [-0.15, -0.1) is 0 Å². The number of hydrogen-bond acceptors (Lipinski definition) is 5. The van der Waals surface area contributed by atoms with Crippen molar-refractivity contribution in [3.05, 3.63) is 16.9 Å². The maximum absolute atomic E-state index is 11.0. The average molecular weight is 203 g/mol. The van der Waals surface area contributed by atoms with Crippen LogP contribution < -0.4 is 4.74 Å². The van der Waals surface area contributed by atoms with Crippen molar-refractivity contribution in [2.24, 2.45) is 0 Å². The first kappa shape index (κ1) is 9.73. The predicted octanol–water partition coefficient (Wildman–Crippen LogP) is 0.925. The number of esters is 1. The molecule has 70 valence electrons. The molecule has 13 heavy (non-hydrogen) atoms. The summed E-state index contributed by atoms with van der Waals surface area (Å²) in [5, 5.41) is 0.132. The number of halogens is 1. The molecule has 1 heterocycles. The lowest BCUT2D eigenvalue weighted by atomic mass is 10.4. The van der Waals surface area contributed by atoms with E-state index in [1.54, 1.807) is 0 Å². The molecule has 0 aliphatic heterocycles. The summed E-state index contributed by atoms with van der Waals surface area (Å²) in [6, 6.07) is 1.34. The van der Waals surface area contributed by atoms with E-state index in [1.165, 1.54) is 20.3 Å². The summed E-state index contributed by atoms with van der Waals surface area (Å²) < 4.78 is 9.16. The van der Waals surface area contributed by atoms with Crippen molar-refractivity contribution in [1.29, 1.82) is 0 Å². The molecule has 1 aromatic rings. The van der Waals surface area contributed by atoms with Gasteiger partial charge in [-0.25, -0.2) is 4.79 Å². The summed E-state index contributed by atoms with van der Waals surface area (Å²) in [6.45, 7) is 0. The Morgan fingerprint density at radius 3 is 2.69 bits per heavy atom. The van der Waals surface area contributed by atoms with Crippen LogP contribution in [-0.4, -0.2) is 30.2 Å². The van der Waals surface area contributed by atoms with Crippen molar-refractivity contribution in [3.8, 4) is 6.01 Å². The monoisotopic (exact) mass is 202 g/mol. The summed E-state index contributed by atoms with van der Waals surface area (Å²) in [7, 11) is 2.64. The molecule has 0 saturated heterocycles. The fourth-order valence-electron chi connectivity index (χ4n) is 0.697. The van der Waals surface area contributed by atoms with Gasteiger partial charge in [0.15, 0.2) is 5.69 Å². The molecule has 0 aliphatic rings. The van der Waals surface area contributed by atoms with E-state index in [0.717, 1.165) is 0 Å². The Kier molecular flexibility index (Phi) is 3.02. The van der Waals surface area contributed by atoms with Gasteiger partial charge in [0.1, 0.15) is 5.15 Å². The molecule has 0 atom stereocenters. The van der Waals surface area contributed by atoms with Gasteiger partial charge in [0.2, 0.25) is 0 Å². The second-order valence-corrected chi connectivity index (χ2v) is 2.44. The van der Waals surface area contributed by atoms with Gasteiger partial charge in [-0.05, 0) is 0 Å². The van der Waals surface area contributed by atoms with Gasteiger partial charge in [0, 0.05) is 6.07 Å². The van der Waals surface area contributed by atoms with Crippen LogP contribution >= 0.6 is 11.6 Å². The minimum Gasteiger partial charge on any atom is -0.467 e. The van der Waals surface area contributed by atoms with Crippen LogP contribution in [0.15, 0.2) is 6.07 Å². The Hall–Kier alpha value is -1.36. The predicted molar refractivity (Wildman–Crippen MR) is 44.9 cm³/mol. The Labute approximate surface area is 79.7 Å². The lowest BCUT2D eigenvalue weighted by molar-refractivity contribution is 0.0592. The lowest BCUT2D eigenvalue weighted by Crippen LogP contribution is -2.06. The number of carbonyl (C=O) groups excluding carboxylic acids is 1. The maximum Gasteiger partial charge on any atom is 0.356 e. The van der Waals surface area contributed by atoms with E-state index in [0.29, 0.717) is 0 Å². The van der Waals surface area contributed by atoms with Crippen LogP contribution in [-0.2, 0) is 4.74 Å².